The largest absolute Gasteiger partial charge is 0.490 e. The van der Waals surface area contributed by atoms with Crippen molar-refractivity contribution < 1.29 is 45.8 Å². The third-order valence-corrected chi connectivity index (χ3v) is 7.13. The number of rotatable bonds is 7. The van der Waals surface area contributed by atoms with Crippen LogP contribution in [-0.2, 0) is 15.8 Å². The summed E-state index contributed by atoms with van der Waals surface area (Å²) in [7, 11) is 1.44. The molecule has 3 N–H and O–H groups in total. The third kappa shape index (κ3) is 8.17. The number of pyridine rings is 1. The molecule has 2 amide bonds. The molecular weight excluding hydrogens is 556 g/mol. The van der Waals surface area contributed by atoms with Crippen molar-refractivity contribution in [2.75, 3.05) is 51.2 Å². The number of hydrogen-bond acceptors (Lipinski definition) is 7. The van der Waals surface area contributed by atoms with Crippen molar-refractivity contribution in [3.8, 4) is 0 Å². The summed E-state index contributed by atoms with van der Waals surface area (Å²) in [6.07, 6.45) is -6.81. The van der Waals surface area contributed by atoms with Gasteiger partial charge in [-0.2, -0.15) is 26.3 Å². The van der Waals surface area contributed by atoms with Crippen molar-refractivity contribution in [2.45, 2.75) is 31.6 Å². The highest BCUT2D eigenvalue weighted by molar-refractivity contribution is 7.17. The normalized spacial score (nSPS) is 16.4. The SMILES string of the molecule is CNC(=O)c1csc2c(C(F)(F)F)cc(N3CCN(CCCNC(=O)C4CC4)CC3)nc12.O=C(O)C(F)(F)F. The fourth-order valence-electron chi connectivity index (χ4n) is 3.87. The van der Waals surface area contributed by atoms with Gasteiger partial charge in [0.1, 0.15) is 5.82 Å². The van der Waals surface area contributed by atoms with Crippen LogP contribution in [0.1, 0.15) is 35.2 Å². The van der Waals surface area contributed by atoms with E-state index in [1.165, 1.54) is 12.4 Å². The topological polar surface area (TPSA) is 115 Å². The van der Waals surface area contributed by atoms with Crippen LogP contribution in [0.2, 0.25) is 0 Å². The van der Waals surface area contributed by atoms with Gasteiger partial charge in [0.2, 0.25) is 5.91 Å². The summed E-state index contributed by atoms with van der Waals surface area (Å²) in [6, 6.07) is 1.09. The summed E-state index contributed by atoms with van der Waals surface area (Å²) in [6.45, 7) is 3.95. The Labute approximate surface area is 223 Å². The number of halogens is 6. The van der Waals surface area contributed by atoms with Crippen LogP contribution in [-0.4, -0.2) is 85.3 Å². The molecule has 2 aromatic heterocycles. The number of aromatic nitrogens is 1. The second-order valence-electron chi connectivity index (χ2n) is 8.98. The third-order valence-electron chi connectivity index (χ3n) is 6.12. The van der Waals surface area contributed by atoms with Gasteiger partial charge in [-0.25, -0.2) is 9.78 Å². The molecule has 2 aromatic rings. The highest BCUT2D eigenvalue weighted by Crippen LogP contribution is 2.40. The number of thiophene rings is 1. The average Bonchev–Trinajstić information content (AvgIpc) is 3.64. The Bertz CT molecular complexity index is 1190. The first-order chi connectivity index (χ1) is 18.2. The van der Waals surface area contributed by atoms with Crippen LogP contribution in [0.5, 0.6) is 0 Å². The van der Waals surface area contributed by atoms with E-state index in [1.807, 2.05) is 4.90 Å². The van der Waals surface area contributed by atoms with Gasteiger partial charge in [0.05, 0.1) is 21.3 Å². The minimum absolute atomic E-state index is 0.0215. The standard InChI is InChI=1S/C21H26F3N5O2S.C2HF3O2/c1-25-20(31)14-12-32-18-15(21(22,23)24)11-16(27-17(14)18)29-9-7-28(8-10-29)6-2-5-26-19(30)13-3-4-13;3-2(4,5)1(6)7/h11-13H,2-10H2,1H3,(H,25,31)(H,26,30);(H,6,7). The molecule has 1 saturated carbocycles. The van der Waals surface area contributed by atoms with E-state index >= 15 is 0 Å². The maximum atomic E-state index is 13.7. The number of carbonyl (C=O) groups excluding carboxylic acids is 2. The van der Waals surface area contributed by atoms with Gasteiger partial charge in [0.25, 0.3) is 5.91 Å². The van der Waals surface area contributed by atoms with E-state index in [9.17, 15) is 35.9 Å². The van der Waals surface area contributed by atoms with Crippen LogP contribution in [0.3, 0.4) is 0 Å². The number of carboxylic acids is 1. The van der Waals surface area contributed by atoms with Crippen LogP contribution < -0.4 is 15.5 Å². The second kappa shape index (κ2) is 12.4. The van der Waals surface area contributed by atoms with E-state index in [-0.39, 0.29) is 33.4 Å². The lowest BCUT2D eigenvalue weighted by atomic mass is 10.1. The molecule has 39 heavy (non-hydrogen) atoms. The number of nitrogens with one attached hydrogen (secondary N) is 2. The van der Waals surface area contributed by atoms with Gasteiger partial charge in [-0.15, -0.1) is 11.3 Å². The van der Waals surface area contributed by atoms with Crippen molar-refractivity contribution in [3.63, 3.8) is 0 Å². The lowest BCUT2D eigenvalue weighted by Gasteiger charge is -2.35. The van der Waals surface area contributed by atoms with Gasteiger partial charge >= 0.3 is 18.3 Å². The molecule has 2 fully saturated rings. The number of nitrogens with zero attached hydrogens (tertiary/aromatic N) is 3. The molecule has 1 aliphatic carbocycles. The molecule has 216 valence electrons. The highest BCUT2D eigenvalue weighted by atomic mass is 32.1. The zero-order valence-corrected chi connectivity index (χ0v) is 21.6. The average molecular weight is 584 g/mol. The lowest BCUT2D eigenvalue weighted by molar-refractivity contribution is -0.192. The lowest BCUT2D eigenvalue weighted by Crippen LogP contribution is -2.47. The number of hydrogen-bond donors (Lipinski definition) is 3. The van der Waals surface area contributed by atoms with Gasteiger partial charge in [0, 0.05) is 51.1 Å². The fourth-order valence-corrected chi connectivity index (χ4v) is 4.89. The van der Waals surface area contributed by atoms with Crippen molar-refractivity contribution in [1.29, 1.82) is 0 Å². The molecule has 1 saturated heterocycles. The van der Waals surface area contributed by atoms with Gasteiger partial charge in [-0.3, -0.25) is 14.5 Å². The van der Waals surface area contributed by atoms with Gasteiger partial charge < -0.3 is 20.6 Å². The summed E-state index contributed by atoms with van der Waals surface area (Å²) in [5, 5.41) is 14.0. The van der Waals surface area contributed by atoms with Crippen LogP contribution in [0, 0.1) is 5.92 Å². The minimum Gasteiger partial charge on any atom is -0.475 e. The number of anilines is 1. The Morgan fingerprint density at radius 3 is 2.23 bits per heavy atom. The number of aliphatic carboxylic acids is 1. The van der Waals surface area contributed by atoms with Crippen LogP contribution in [0.4, 0.5) is 32.2 Å². The van der Waals surface area contributed by atoms with Crippen LogP contribution in [0.25, 0.3) is 10.2 Å². The predicted molar refractivity (Wildman–Crippen MR) is 131 cm³/mol. The quantitative estimate of drug-likeness (QED) is 0.339. The predicted octanol–water partition coefficient (Wildman–Crippen LogP) is 3.35. The Hall–Kier alpha value is -3.14. The summed E-state index contributed by atoms with van der Waals surface area (Å²) >= 11 is 0.886. The zero-order valence-electron chi connectivity index (χ0n) is 20.8. The van der Waals surface area contributed by atoms with E-state index in [1.54, 1.807) is 0 Å². The van der Waals surface area contributed by atoms with E-state index in [0.717, 1.165) is 43.2 Å². The molecule has 2 aliphatic rings. The van der Waals surface area contributed by atoms with Gasteiger partial charge in [-0.1, -0.05) is 0 Å². The Morgan fingerprint density at radius 1 is 1.10 bits per heavy atom. The van der Waals surface area contributed by atoms with Gasteiger partial charge in [-0.05, 0) is 31.9 Å². The molecule has 0 aromatic carbocycles. The molecule has 0 bridgehead atoms. The Kier molecular flexibility index (Phi) is 9.64. The van der Waals surface area contributed by atoms with E-state index in [2.05, 4.69) is 20.5 Å². The first-order valence-electron chi connectivity index (χ1n) is 12.0. The van der Waals surface area contributed by atoms with E-state index in [4.69, 9.17) is 9.90 Å². The van der Waals surface area contributed by atoms with Gasteiger partial charge in [0.15, 0.2) is 0 Å². The molecule has 0 spiro atoms. The molecule has 9 nitrogen and oxygen atoms in total. The first kappa shape index (κ1) is 30.4. The van der Waals surface area contributed by atoms with Crippen molar-refractivity contribution >= 4 is 45.2 Å². The maximum Gasteiger partial charge on any atom is 0.490 e. The Balaban J connectivity index is 0.000000532. The van der Waals surface area contributed by atoms with Crippen molar-refractivity contribution in [1.82, 2.24) is 20.5 Å². The summed E-state index contributed by atoms with van der Waals surface area (Å²) < 4.78 is 72.9. The molecular formula is C23H27F6N5O4S. The molecule has 0 unspecified atom stereocenters. The highest BCUT2D eigenvalue weighted by Gasteiger charge is 2.38. The number of piperazine rings is 1. The number of carbonyl (C=O) groups is 3. The maximum absolute atomic E-state index is 13.7. The van der Waals surface area contributed by atoms with Crippen molar-refractivity contribution in [3.05, 3.63) is 22.6 Å². The smallest absolute Gasteiger partial charge is 0.475 e. The summed E-state index contributed by atoms with van der Waals surface area (Å²) in [5.74, 6) is -2.62. The summed E-state index contributed by atoms with van der Waals surface area (Å²) in [5.41, 5.74) is -0.508. The zero-order chi connectivity index (χ0) is 29.0. The monoisotopic (exact) mass is 583 g/mol. The first-order valence-corrected chi connectivity index (χ1v) is 12.9. The molecule has 1 aliphatic heterocycles. The second-order valence-corrected chi connectivity index (χ2v) is 9.86. The molecule has 3 heterocycles. The fraction of sp³-hybridized carbons (Fsp3) is 0.565. The van der Waals surface area contributed by atoms with E-state index < -0.39 is 29.8 Å². The number of amides is 2. The van der Waals surface area contributed by atoms with Crippen LogP contribution in [0.15, 0.2) is 11.4 Å². The molecule has 0 radical (unpaired) electrons. The number of alkyl halides is 6. The van der Waals surface area contributed by atoms with Crippen molar-refractivity contribution in [2.24, 2.45) is 5.92 Å². The molecule has 0 atom stereocenters. The Morgan fingerprint density at radius 2 is 1.72 bits per heavy atom. The molecule has 4 rings (SSSR count). The number of fused-ring (bicyclic) bond motifs is 1. The minimum atomic E-state index is -5.08. The van der Waals surface area contributed by atoms with E-state index in [0.29, 0.717) is 32.7 Å². The molecule has 16 heteroatoms. The van der Waals surface area contributed by atoms with Crippen LogP contribution >= 0.6 is 11.3 Å². The number of carboxylic acid groups (broad SMARTS) is 1. The summed E-state index contributed by atoms with van der Waals surface area (Å²) in [4.78, 5) is 41.2.